The lowest BCUT2D eigenvalue weighted by Gasteiger charge is -2.34. The van der Waals surface area contributed by atoms with Gasteiger partial charge in [0.05, 0.1) is 0 Å². The maximum Gasteiger partial charge on any atom is 0.157 e. The molecule has 2 N–H and O–H groups in total. The molecule has 0 aromatic heterocycles. The van der Waals surface area contributed by atoms with Crippen LogP contribution in [0.25, 0.3) is 0 Å². The first-order valence-electron chi connectivity index (χ1n) is 7.92. The fourth-order valence-corrected chi connectivity index (χ4v) is 4.34. The summed E-state index contributed by atoms with van der Waals surface area (Å²) >= 11 is 0. The number of nitrogens with zero attached hydrogens (tertiary/aromatic N) is 1. The van der Waals surface area contributed by atoms with Crippen molar-refractivity contribution in [2.24, 2.45) is 0 Å². The fraction of sp³-hybridized carbons (Fsp3) is 0.368. The van der Waals surface area contributed by atoms with Crippen LogP contribution in [0.5, 0.6) is 11.5 Å². The molecule has 2 aromatic carbocycles. The van der Waals surface area contributed by atoms with Crippen molar-refractivity contribution in [2.75, 3.05) is 20.1 Å². The molecule has 0 bridgehead atoms. The molecule has 1 atom stereocenters. The topological polar surface area (TPSA) is 43.7 Å². The van der Waals surface area contributed by atoms with Crippen LogP contribution in [-0.2, 0) is 18.3 Å². The highest BCUT2D eigenvalue weighted by atomic mass is 16.3. The molecule has 0 saturated carbocycles. The van der Waals surface area contributed by atoms with Crippen LogP contribution in [-0.4, -0.2) is 35.3 Å². The average Bonchev–Trinajstić information content (AvgIpc) is 2.81. The van der Waals surface area contributed by atoms with Gasteiger partial charge in [0, 0.05) is 18.5 Å². The molecule has 3 heteroatoms. The van der Waals surface area contributed by atoms with Crippen LogP contribution in [0.1, 0.15) is 28.7 Å². The van der Waals surface area contributed by atoms with Gasteiger partial charge in [-0.05, 0) is 60.7 Å². The van der Waals surface area contributed by atoms with Gasteiger partial charge < -0.3 is 15.1 Å². The predicted octanol–water partition coefficient (Wildman–Crippen LogP) is 2.82. The van der Waals surface area contributed by atoms with Crippen molar-refractivity contribution in [2.45, 2.75) is 24.7 Å². The van der Waals surface area contributed by atoms with Gasteiger partial charge in [-0.3, -0.25) is 0 Å². The Labute approximate surface area is 130 Å². The first-order chi connectivity index (χ1) is 10.6. The maximum absolute atomic E-state index is 10.1. The summed E-state index contributed by atoms with van der Waals surface area (Å²) in [5.41, 5.74) is 5.09. The van der Waals surface area contributed by atoms with E-state index in [0.29, 0.717) is 0 Å². The van der Waals surface area contributed by atoms with E-state index in [1.54, 1.807) is 12.1 Å². The van der Waals surface area contributed by atoms with E-state index in [1.807, 2.05) is 0 Å². The van der Waals surface area contributed by atoms with E-state index in [1.165, 1.54) is 16.7 Å². The van der Waals surface area contributed by atoms with Crippen molar-refractivity contribution in [3.8, 4) is 11.5 Å². The van der Waals surface area contributed by atoms with E-state index in [0.717, 1.165) is 37.9 Å². The van der Waals surface area contributed by atoms with Crippen molar-refractivity contribution in [1.29, 1.82) is 0 Å². The summed E-state index contributed by atoms with van der Waals surface area (Å²) in [5.74, 6) is -0.0169. The third-order valence-electron chi connectivity index (χ3n) is 5.37. The smallest absolute Gasteiger partial charge is 0.157 e. The number of hydrogen-bond acceptors (Lipinski definition) is 3. The molecule has 1 aliphatic carbocycles. The SMILES string of the molecule is CN1CCc2cc(O)c(O)cc2C2(CCc3ccccc32)C1. The Kier molecular flexibility index (Phi) is 2.95. The average molecular weight is 295 g/mol. The van der Waals surface area contributed by atoms with E-state index >= 15 is 0 Å². The van der Waals surface area contributed by atoms with Gasteiger partial charge in [0.1, 0.15) is 0 Å². The van der Waals surface area contributed by atoms with Crippen LogP contribution in [0.15, 0.2) is 36.4 Å². The first kappa shape index (κ1) is 13.6. The Hall–Kier alpha value is -2.00. The first-order valence-corrected chi connectivity index (χ1v) is 7.92. The minimum atomic E-state index is -0.0671. The number of phenolic OH excluding ortho intramolecular Hbond substituents is 2. The zero-order chi connectivity index (χ0) is 15.3. The second kappa shape index (κ2) is 4.75. The molecule has 2 aromatic rings. The second-order valence-corrected chi connectivity index (χ2v) is 6.73. The summed E-state index contributed by atoms with van der Waals surface area (Å²) in [6.07, 6.45) is 3.04. The third kappa shape index (κ3) is 1.85. The monoisotopic (exact) mass is 295 g/mol. The summed E-state index contributed by atoms with van der Waals surface area (Å²) < 4.78 is 0. The Balaban J connectivity index is 1.99. The molecular weight excluding hydrogens is 274 g/mol. The Morgan fingerprint density at radius 3 is 2.59 bits per heavy atom. The molecule has 0 fully saturated rings. The van der Waals surface area contributed by atoms with Crippen LogP contribution in [0.4, 0.5) is 0 Å². The molecule has 0 radical (unpaired) electrons. The minimum absolute atomic E-state index is 0.00735. The van der Waals surface area contributed by atoms with Gasteiger partial charge in [-0.25, -0.2) is 0 Å². The fourth-order valence-electron chi connectivity index (χ4n) is 4.34. The largest absolute Gasteiger partial charge is 0.504 e. The Bertz CT molecular complexity index is 740. The van der Waals surface area contributed by atoms with E-state index in [9.17, 15) is 10.2 Å². The molecule has 3 nitrogen and oxygen atoms in total. The van der Waals surface area contributed by atoms with Crippen LogP contribution < -0.4 is 0 Å². The van der Waals surface area contributed by atoms with Crippen molar-refractivity contribution < 1.29 is 10.2 Å². The predicted molar refractivity (Wildman–Crippen MR) is 86.5 cm³/mol. The number of aryl methyl sites for hydroxylation is 1. The highest BCUT2D eigenvalue weighted by Gasteiger charge is 2.43. The standard InChI is InChI=1S/C19H21NO2/c1-20-9-7-14-10-17(21)18(22)11-16(14)19(12-20)8-6-13-4-2-3-5-15(13)19/h2-5,10-11,21-22H,6-9,12H2,1H3. The van der Waals surface area contributed by atoms with E-state index in [4.69, 9.17) is 0 Å². The summed E-state index contributed by atoms with van der Waals surface area (Å²) in [6, 6.07) is 12.2. The Morgan fingerprint density at radius 1 is 0.955 bits per heavy atom. The van der Waals surface area contributed by atoms with E-state index in [2.05, 4.69) is 36.2 Å². The number of likely N-dealkylation sites (N-methyl/N-ethyl adjacent to an activating group) is 1. The Morgan fingerprint density at radius 2 is 1.73 bits per heavy atom. The molecule has 1 heterocycles. The van der Waals surface area contributed by atoms with Gasteiger partial charge in [-0.2, -0.15) is 0 Å². The number of hydrogen-bond donors (Lipinski definition) is 2. The molecule has 4 rings (SSSR count). The van der Waals surface area contributed by atoms with Crippen molar-refractivity contribution >= 4 is 0 Å². The van der Waals surface area contributed by atoms with Crippen LogP contribution in [0.3, 0.4) is 0 Å². The summed E-state index contributed by atoms with van der Waals surface area (Å²) in [7, 11) is 2.16. The van der Waals surface area contributed by atoms with Crippen molar-refractivity contribution in [3.63, 3.8) is 0 Å². The number of phenols is 2. The molecule has 114 valence electrons. The quantitative estimate of drug-likeness (QED) is 0.735. The molecule has 2 aliphatic rings. The highest BCUT2D eigenvalue weighted by molar-refractivity contribution is 5.56. The van der Waals surface area contributed by atoms with Gasteiger partial charge in [0.25, 0.3) is 0 Å². The van der Waals surface area contributed by atoms with Gasteiger partial charge >= 0.3 is 0 Å². The number of benzene rings is 2. The van der Waals surface area contributed by atoms with Crippen LogP contribution in [0.2, 0.25) is 0 Å². The molecule has 0 saturated heterocycles. The van der Waals surface area contributed by atoms with Gasteiger partial charge in [-0.1, -0.05) is 24.3 Å². The number of fused-ring (bicyclic) bond motifs is 4. The molecule has 0 amide bonds. The zero-order valence-corrected chi connectivity index (χ0v) is 12.8. The lowest BCUT2D eigenvalue weighted by Crippen LogP contribution is -2.37. The van der Waals surface area contributed by atoms with Gasteiger partial charge in [0.15, 0.2) is 11.5 Å². The lowest BCUT2D eigenvalue weighted by molar-refractivity contribution is 0.283. The molecule has 1 aliphatic heterocycles. The van der Waals surface area contributed by atoms with Crippen molar-refractivity contribution in [1.82, 2.24) is 4.90 Å². The van der Waals surface area contributed by atoms with Gasteiger partial charge in [0.2, 0.25) is 0 Å². The lowest BCUT2D eigenvalue weighted by atomic mass is 9.73. The summed E-state index contributed by atoms with van der Waals surface area (Å²) in [5, 5.41) is 20.0. The highest BCUT2D eigenvalue weighted by Crippen LogP contribution is 2.48. The normalized spacial score (nSPS) is 24.0. The van der Waals surface area contributed by atoms with Crippen molar-refractivity contribution in [3.05, 3.63) is 58.7 Å². The number of aromatic hydroxyl groups is 2. The number of rotatable bonds is 0. The third-order valence-corrected chi connectivity index (χ3v) is 5.37. The molecule has 1 spiro atoms. The molecule has 22 heavy (non-hydrogen) atoms. The van der Waals surface area contributed by atoms with Gasteiger partial charge in [-0.15, -0.1) is 0 Å². The van der Waals surface area contributed by atoms with Crippen LogP contribution in [0, 0.1) is 0 Å². The second-order valence-electron chi connectivity index (χ2n) is 6.73. The maximum atomic E-state index is 10.1. The van der Waals surface area contributed by atoms with Crippen LogP contribution >= 0.6 is 0 Å². The zero-order valence-electron chi connectivity index (χ0n) is 12.8. The summed E-state index contributed by atoms with van der Waals surface area (Å²) in [6.45, 7) is 1.93. The molecule has 1 unspecified atom stereocenters. The van der Waals surface area contributed by atoms with E-state index < -0.39 is 0 Å². The minimum Gasteiger partial charge on any atom is -0.504 e. The molecular formula is C19H21NO2. The van der Waals surface area contributed by atoms with E-state index in [-0.39, 0.29) is 16.9 Å². The summed E-state index contributed by atoms with van der Waals surface area (Å²) in [4.78, 5) is 2.37.